The molecule has 4 nitrogen and oxygen atoms in total. The summed E-state index contributed by atoms with van der Waals surface area (Å²) in [7, 11) is 0. The number of rotatable bonds is 3. The van der Waals surface area contributed by atoms with Crippen LogP contribution in [0.1, 0.15) is 11.1 Å². The van der Waals surface area contributed by atoms with Gasteiger partial charge in [-0.3, -0.25) is 0 Å². The second-order valence-corrected chi connectivity index (χ2v) is 4.79. The lowest BCUT2D eigenvalue weighted by atomic mass is 10.1. The number of aromatic nitrogens is 2. The van der Waals surface area contributed by atoms with E-state index in [1.807, 2.05) is 24.3 Å². The molecule has 0 saturated heterocycles. The van der Waals surface area contributed by atoms with Crippen molar-refractivity contribution < 1.29 is 8.91 Å². The van der Waals surface area contributed by atoms with Crippen LogP contribution in [0.5, 0.6) is 0 Å². The summed E-state index contributed by atoms with van der Waals surface area (Å²) in [6.45, 7) is 2.19. The van der Waals surface area contributed by atoms with Crippen LogP contribution in [0.15, 0.2) is 47.0 Å². The predicted molar refractivity (Wildman–Crippen MR) is 77.8 cm³/mol. The molecule has 2 N–H and O–H groups in total. The molecular formula is C16H14FN3O. The zero-order valence-electron chi connectivity index (χ0n) is 11.5. The second-order valence-electron chi connectivity index (χ2n) is 4.79. The third-order valence-electron chi connectivity index (χ3n) is 3.29. The number of halogens is 1. The molecular weight excluding hydrogens is 269 g/mol. The number of nitrogens with zero attached hydrogens (tertiary/aromatic N) is 2. The van der Waals surface area contributed by atoms with Gasteiger partial charge in [-0.1, -0.05) is 29.4 Å². The fourth-order valence-corrected chi connectivity index (χ4v) is 1.97. The fraction of sp³-hybridized carbons (Fsp3) is 0.125. The van der Waals surface area contributed by atoms with E-state index in [0.717, 1.165) is 11.1 Å². The Hall–Kier alpha value is -2.53. The highest BCUT2D eigenvalue weighted by Crippen LogP contribution is 2.23. The Kier molecular flexibility index (Phi) is 3.50. The number of benzene rings is 2. The molecule has 0 radical (unpaired) electrons. The van der Waals surface area contributed by atoms with Crippen molar-refractivity contribution in [2.45, 2.75) is 13.5 Å². The van der Waals surface area contributed by atoms with Crippen LogP contribution >= 0.6 is 0 Å². The van der Waals surface area contributed by atoms with Gasteiger partial charge in [0.1, 0.15) is 5.82 Å². The zero-order chi connectivity index (χ0) is 14.8. The Bertz CT molecular complexity index is 765. The topological polar surface area (TPSA) is 64.9 Å². The standard InChI is InChI=1S/C16H14FN3O/c1-10-2-5-13(8-14(10)17)15-19-16(21-20-15)12-6-3-11(9-18)4-7-12/h2-8H,9,18H2,1H3. The van der Waals surface area contributed by atoms with Gasteiger partial charge in [0.25, 0.3) is 5.89 Å². The third kappa shape index (κ3) is 2.68. The molecule has 0 amide bonds. The maximum Gasteiger partial charge on any atom is 0.258 e. The minimum Gasteiger partial charge on any atom is -0.334 e. The Morgan fingerprint density at radius 1 is 1.10 bits per heavy atom. The molecule has 0 saturated carbocycles. The highest BCUT2D eigenvalue weighted by atomic mass is 19.1. The van der Waals surface area contributed by atoms with Crippen LogP contribution in [0.2, 0.25) is 0 Å². The van der Waals surface area contributed by atoms with Crippen LogP contribution in [-0.4, -0.2) is 10.1 Å². The molecule has 0 fully saturated rings. The van der Waals surface area contributed by atoms with Gasteiger partial charge in [0.15, 0.2) is 0 Å². The first kappa shape index (κ1) is 13.5. The summed E-state index contributed by atoms with van der Waals surface area (Å²) >= 11 is 0. The van der Waals surface area contributed by atoms with Crippen molar-refractivity contribution in [2.75, 3.05) is 0 Å². The summed E-state index contributed by atoms with van der Waals surface area (Å²) in [5, 5.41) is 3.90. The molecule has 0 spiro atoms. The maximum absolute atomic E-state index is 13.6. The largest absolute Gasteiger partial charge is 0.334 e. The molecule has 0 bridgehead atoms. The first-order chi connectivity index (χ1) is 10.2. The third-order valence-corrected chi connectivity index (χ3v) is 3.29. The molecule has 0 aliphatic carbocycles. The molecule has 5 heteroatoms. The van der Waals surface area contributed by atoms with Gasteiger partial charge >= 0.3 is 0 Å². The smallest absolute Gasteiger partial charge is 0.258 e. The van der Waals surface area contributed by atoms with Crippen LogP contribution in [0.3, 0.4) is 0 Å². The molecule has 1 heterocycles. The molecule has 3 aromatic rings. The van der Waals surface area contributed by atoms with Gasteiger partial charge in [-0.05, 0) is 36.2 Å². The van der Waals surface area contributed by atoms with E-state index in [2.05, 4.69) is 10.1 Å². The second kappa shape index (κ2) is 5.46. The highest BCUT2D eigenvalue weighted by Gasteiger charge is 2.11. The van der Waals surface area contributed by atoms with Crippen molar-refractivity contribution in [2.24, 2.45) is 5.73 Å². The first-order valence-electron chi connectivity index (χ1n) is 6.57. The van der Waals surface area contributed by atoms with Gasteiger partial charge in [-0.15, -0.1) is 0 Å². The van der Waals surface area contributed by atoms with Crippen molar-refractivity contribution >= 4 is 0 Å². The van der Waals surface area contributed by atoms with E-state index in [9.17, 15) is 4.39 Å². The molecule has 1 aromatic heterocycles. The van der Waals surface area contributed by atoms with Gasteiger partial charge in [-0.25, -0.2) is 4.39 Å². The number of aryl methyl sites for hydroxylation is 1. The Morgan fingerprint density at radius 3 is 2.48 bits per heavy atom. The summed E-state index contributed by atoms with van der Waals surface area (Å²) < 4.78 is 18.8. The van der Waals surface area contributed by atoms with E-state index >= 15 is 0 Å². The molecule has 3 rings (SSSR count). The minimum absolute atomic E-state index is 0.286. The van der Waals surface area contributed by atoms with E-state index in [1.165, 1.54) is 6.07 Å². The molecule has 21 heavy (non-hydrogen) atoms. The van der Waals surface area contributed by atoms with Gasteiger partial charge in [0.2, 0.25) is 5.82 Å². The first-order valence-corrected chi connectivity index (χ1v) is 6.57. The van der Waals surface area contributed by atoms with Crippen molar-refractivity contribution in [1.29, 1.82) is 0 Å². The zero-order valence-corrected chi connectivity index (χ0v) is 11.5. The lowest BCUT2D eigenvalue weighted by molar-refractivity contribution is 0.432. The quantitative estimate of drug-likeness (QED) is 0.801. The van der Waals surface area contributed by atoms with E-state index in [-0.39, 0.29) is 5.82 Å². The predicted octanol–water partition coefficient (Wildman–Crippen LogP) is 3.31. The summed E-state index contributed by atoms with van der Waals surface area (Å²) in [5.74, 6) is 0.479. The van der Waals surface area contributed by atoms with E-state index in [4.69, 9.17) is 10.3 Å². The normalized spacial score (nSPS) is 10.8. The summed E-state index contributed by atoms with van der Waals surface area (Å²) in [6, 6.07) is 12.4. The minimum atomic E-state index is -0.286. The Balaban J connectivity index is 1.93. The number of nitrogens with two attached hydrogens (primary N) is 1. The van der Waals surface area contributed by atoms with Gasteiger partial charge in [0, 0.05) is 17.7 Å². The van der Waals surface area contributed by atoms with E-state index < -0.39 is 0 Å². The Morgan fingerprint density at radius 2 is 1.81 bits per heavy atom. The lowest BCUT2D eigenvalue weighted by Crippen LogP contribution is -1.95. The Labute approximate surface area is 121 Å². The lowest BCUT2D eigenvalue weighted by Gasteiger charge is -1.98. The summed E-state index contributed by atoms with van der Waals surface area (Å²) in [5.41, 5.74) is 8.56. The van der Waals surface area contributed by atoms with Crippen molar-refractivity contribution in [3.63, 3.8) is 0 Å². The summed E-state index contributed by atoms with van der Waals surface area (Å²) in [4.78, 5) is 4.30. The van der Waals surface area contributed by atoms with Crippen molar-refractivity contribution in [3.8, 4) is 22.8 Å². The molecule has 2 aromatic carbocycles. The molecule has 0 unspecified atom stereocenters. The van der Waals surface area contributed by atoms with Crippen LogP contribution in [0.25, 0.3) is 22.8 Å². The van der Waals surface area contributed by atoms with Crippen LogP contribution < -0.4 is 5.73 Å². The van der Waals surface area contributed by atoms with E-state index in [0.29, 0.717) is 29.4 Å². The molecule has 0 aliphatic rings. The van der Waals surface area contributed by atoms with Crippen LogP contribution in [0, 0.1) is 12.7 Å². The highest BCUT2D eigenvalue weighted by molar-refractivity contribution is 5.60. The average molecular weight is 283 g/mol. The molecule has 0 atom stereocenters. The fourth-order valence-electron chi connectivity index (χ4n) is 1.97. The van der Waals surface area contributed by atoms with Crippen LogP contribution in [0.4, 0.5) is 4.39 Å². The monoisotopic (exact) mass is 283 g/mol. The van der Waals surface area contributed by atoms with Gasteiger partial charge < -0.3 is 10.3 Å². The molecule has 106 valence electrons. The maximum atomic E-state index is 13.6. The number of hydrogen-bond acceptors (Lipinski definition) is 4. The van der Waals surface area contributed by atoms with Crippen LogP contribution in [-0.2, 0) is 6.54 Å². The molecule has 0 aliphatic heterocycles. The van der Waals surface area contributed by atoms with Crippen molar-refractivity contribution in [1.82, 2.24) is 10.1 Å². The average Bonchev–Trinajstić information content (AvgIpc) is 3.00. The van der Waals surface area contributed by atoms with Gasteiger partial charge in [-0.2, -0.15) is 4.98 Å². The van der Waals surface area contributed by atoms with Gasteiger partial charge in [0.05, 0.1) is 0 Å². The number of hydrogen-bond donors (Lipinski definition) is 1. The van der Waals surface area contributed by atoms with E-state index in [1.54, 1.807) is 19.1 Å². The SMILES string of the molecule is Cc1ccc(-c2noc(-c3ccc(CN)cc3)n2)cc1F. The van der Waals surface area contributed by atoms with Crippen molar-refractivity contribution in [3.05, 3.63) is 59.4 Å². The summed E-state index contributed by atoms with van der Waals surface area (Å²) in [6.07, 6.45) is 0.